The Morgan fingerprint density at radius 2 is 0.590 bits per heavy atom. The van der Waals surface area contributed by atoms with Gasteiger partial charge in [0.25, 0.3) is 0 Å². The van der Waals surface area contributed by atoms with E-state index in [-0.39, 0.29) is 0 Å². The quantitative estimate of drug-likeness (QED) is 0.144. The van der Waals surface area contributed by atoms with E-state index in [0.717, 1.165) is 190 Å². The van der Waals surface area contributed by atoms with Crippen molar-refractivity contribution in [3.8, 4) is 56.4 Å². The predicted molar refractivity (Wildman–Crippen MR) is 585 cm³/mol. The normalized spacial score (nSPS) is 12.0. The molecule has 680 valence electrons. The number of benzene rings is 17. The van der Waals surface area contributed by atoms with Crippen LogP contribution >= 0.6 is 0 Å². The number of rotatable bonds is 8. The molecule has 0 fully saturated rings. The molecule has 0 spiro atoms. The lowest BCUT2D eigenvalue weighted by molar-refractivity contribution is 0.654. The highest BCUT2D eigenvalue weighted by Crippen LogP contribution is 2.44. The predicted octanol–water partition coefficient (Wildman–Crippen LogP) is 30.5. The molecule has 144 heavy (non-hydrogen) atoms. The number of fused-ring (bicyclic) bond motifs is 32. The van der Waals surface area contributed by atoms with Crippen LogP contribution in [0.25, 0.3) is 256 Å². The number of nitrogens with zero attached hydrogens (tertiary/aromatic N) is 17. The van der Waals surface area contributed by atoms with Crippen LogP contribution in [0.2, 0.25) is 0 Å². The standard InChI is InChI=1S/C38H26N4.C32H22N4.C31H20N4O.C24H15N5O/c1-25-10-8-11-26(22-25)27-12-9-13-28(23-27)40-33-16-4-2-14-30(33)31-24-29(20-21-34(31)40)41-36-18-6-7-19-37(36)42-35-17-5-3-15-32(35)39-38(41)42;1-21-9-8-10-22(19-21)34-27-13-4-2-11-24(27)25-20-23(17-18-28(25)34)35-30-15-6-7-16-31(30)36-29-14-5-3-12-26(29)33-32(35)36;1-19-15-21(20-12-13-29-24(18-20)23-7-6-14-32-30(23)36-29)17-22(16-19)34-27-10-4-5-11-28(27)35-26-9-3-2-8-25(26)33-31(34)35;1-14-10-11-20-21(26-14)22-23(30-20)19(12-13-25-22)29-18-9-5-4-8-17(18)28-16-7-3-2-6-15(16)27-24(28)29/h2-24H,1H3;2-20H,1H3;2-18H,1H3;2-13H,1H3. The van der Waals surface area contributed by atoms with E-state index in [4.69, 9.17) is 28.8 Å². The molecule has 0 unspecified atom stereocenters. The Morgan fingerprint density at radius 3 is 1.11 bits per heavy atom. The van der Waals surface area contributed by atoms with E-state index in [9.17, 15) is 0 Å². The van der Waals surface area contributed by atoms with E-state index in [1.54, 1.807) is 6.20 Å². The van der Waals surface area contributed by atoms with Crippen molar-refractivity contribution in [2.75, 3.05) is 0 Å². The van der Waals surface area contributed by atoms with Crippen molar-refractivity contribution in [3.63, 3.8) is 0 Å². The molecule has 17 aromatic carbocycles. The maximum Gasteiger partial charge on any atom is 0.227 e. The van der Waals surface area contributed by atoms with E-state index >= 15 is 0 Å². The first-order valence-electron chi connectivity index (χ1n) is 48.4. The van der Waals surface area contributed by atoms with Crippen molar-refractivity contribution in [1.82, 2.24) is 79.9 Å². The molecule has 0 atom stereocenters. The minimum absolute atomic E-state index is 0.669. The molecule has 0 amide bonds. The fourth-order valence-electron chi connectivity index (χ4n) is 22.2. The summed E-state index contributed by atoms with van der Waals surface area (Å²) >= 11 is 0. The van der Waals surface area contributed by atoms with Gasteiger partial charge >= 0.3 is 0 Å². The molecule has 0 aliphatic carbocycles. The molecule has 0 saturated carbocycles. The molecule has 15 heterocycles. The van der Waals surface area contributed by atoms with Gasteiger partial charge in [-0.15, -0.1) is 0 Å². The Balaban J connectivity index is 0.0000000919. The summed E-state index contributed by atoms with van der Waals surface area (Å²) in [6.07, 6.45) is 3.57. The van der Waals surface area contributed by atoms with Crippen molar-refractivity contribution < 1.29 is 8.83 Å². The largest absolute Gasteiger partial charge is 0.450 e. The van der Waals surface area contributed by atoms with Crippen LogP contribution in [-0.2, 0) is 0 Å². The summed E-state index contributed by atoms with van der Waals surface area (Å²) in [7, 11) is 0. The van der Waals surface area contributed by atoms with Gasteiger partial charge in [0.2, 0.25) is 28.8 Å². The van der Waals surface area contributed by atoms with E-state index in [0.29, 0.717) is 11.3 Å². The summed E-state index contributed by atoms with van der Waals surface area (Å²) in [6.45, 7) is 8.41. The molecule has 15 aromatic heterocycles. The van der Waals surface area contributed by atoms with Crippen LogP contribution in [0.5, 0.6) is 0 Å². The van der Waals surface area contributed by atoms with Gasteiger partial charge in [-0.1, -0.05) is 200 Å². The zero-order chi connectivity index (χ0) is 95.2. The third kappa shape index (κ3) is 12.7. The van der Waals surface area contributed by atoms with Gasteiger partial charge in [-0.3, -0.25) is 40.9 Å². The molecule has 19 nitrogen and oxygen atoms in total. The zero-order valence-electron chi connectivity index (χ0n) is 78.4. The lowest BCUT2D eigenvalue weighted by Gasteiger charge is -2.11. The first-order valence-corrected chi connectivity index (χ1v) is 48.4. The van der Waals surface area contributed by atoms with E-state index < -0.39 is 0 Å². The summed E-state index contributed by atoms with van der Waals surface area (Å²) in [6, 6.07) is 147. The average molecular weight is 1860 g/mol. The van der Waals surface area contributed by atoms with Crippen LogP contribution in [0.15, 0.2) is 440 Å². The van der Waals surface area contributed by atoms with Crippen LogP contribution in [0.4, 0.5) is 0 Å². The second kappa shape index (κ2) is 32.0. The van der Waals surface area contributed by atoms with Crippen LogP contribution in [0.1, 0.15) is 22.4 Å². The molecule has 0 radical (unpaired) electrons. The van der Waals surface area contributed by atoms with Crippen LogP contribution in [-0.4, -0.2) is 79.9 Å². The fraction of sp³-hybridized carbons (Fsp3) is 0.0320. The maximum absolute atomic E-state index is 6.25. The monoisotopic (exact) mass is 1850 g/mol. The Bertz CT molecular complexity index is 11000. The number of hydrogen-bond donors (Lipinski definition) is 0. The summed E-state index contributed by atoms with van der Waals surface area (Å²) in [5.41, 5.74) is 42.6. The van der Waals surface area contributed by atoms with Gasteiger partial charge in [0.05, 0.1) is 122 Å². The number of para-hydroxylation sites is 18. The van der Waals surface area contributed by atoms with E-state index in [2.05, 4.69) is 433 Å². The molecule has 0 bridgehead atoms. The number of aromatic nitrogens is 17. The highest BCUT2D eigenvalue weighted by atomic mass is 16.3. The summed E-state index contributed by atoms with van der Waals surface area (Å²) in [5.74, 6) is 3.61. The number of furan rings is 2. The molecule has 32 aromatic rings. The topological polar surface area (TPSA) is 164 Å². The summed E-state index contributed by atoms with van der Waals surface area (Å²) in [5, 5.41) is 7.04. The molecule has 19 heteroatoms. The van der Waals surface area contributed by atoms with Crippen LogP contribution in [0.3, 0.4) is 0 Å². The van der Waals surface area contributed by atoms with Gasteiger partial charge in [-0.25, -0.2) is 29.9 Å². The number of hydrogen-bond acceptors (Lipinski definition) is 9. The highest BCUT2D eigenvalue weighted by molar-refractivity contribution is 6.13. The second-order valence-corrected chi connectivity index (χ2v) is 37.2. The minimum atomic E-state index is 0.669. The maximum atomic E-state index is 6.25. The molecule has 0 saturated heterocycles. The first kappa shape index (κ1) is 81.6. The molecular formula is C125H83N17O2. The van der Waals surface area contributed by atoms with E-state index in [1.807, 2.05) is 79.9 Å². The highest BCUT2D eigenvalue weighted by Gasteiger charge is 2.27. The average Bonchev–Trinajstić information content (AvgIpc) is 1.56. The number of imidazole rings is 8. The van der Waals surface area contributed by atoms with Gasteiger partial charge < -0.3 is 18.0 Å². The smallest absolute Gasteiger partial charge is 0.227 e. The van der Waals surface area contributed by atoms with Crippen LogP contribution < -0.4 is 0 Å². The van der Waals surface area contributed by atoms with E-state index in [1.165, 1.54) is 77.1 Å². The van der Waals surface area contributed by atoms with Crippen LogP contribution in [0, 0.1) is 27.7 Å². The molecule has 0 aliphatic rings. The molecule has 0 aliphatic heterocycles. The van der Waals surface area contributed by atoms with Gasteiger partial charge in [0.15, 0.2) is 11.2 Å². The van der Waals surface area contributed by atoms with Crippen molar-refractivity contribution in [1.29, 1.82) is 0 Å². The Hall–Kier alpha value is -19.5. The lowest BCUT2D eigenvalue weighted by Crippen LogP contribution is -1.97. The van der Waals surface area contributed by atoms with Gasteiger partial charge in [-0.05, 0) is 286 Å². The van der Waals surface area contributed by atoms with Crippen molar-refractivity contribution in [2.45, 2.75) is 27.7 Å². The van der Waals surface area contributed by atoms with Crippen molar-refractivity contribution in [2.24, 2.45) is 0 Å². The minimum Gasteiger partial charge on any atom is -0.450 e. The Labute approximate surface area is 820 Å². The van der Waals surface area contributed by atoms with Gasteiger partial charge in [-0.2, -0.15) is 0 Å². The number of pyridine rings is 3. The van der Waals surface area contributed by atoms with Gasteiger partial charge in [0.1, 0.15) is 16.6 Å². The third-order valence-corrected chi connectivity index (χ3v) is 28.4. The van der Waals surface area contributed by atoms with Crippen molar-refractivity contribution >= 4 is 199 Å². The zero-order valence-corrected chi connectivity index (χ0v) is 78.4. The van der Waals surface area contributed by atoms with Gasteiger partial charge in [0, 0.05) is 73.2 Å². The van der Waals surface area contributed by atoms with Crippen molar-refractivity contribution in [3.05, 3.63) is 453 Å². The SMILES string of the molecule is Cc1cc(-c2ccc3oc4ncccc4c3c2)cc(-n2c3ccccc3n3c4ccccc4nc23)c1.Cc1ccc2oc3c(-n4c5ccccc5n5c6ccccc6nc45)ccnc3c2n1.Cc1cccc(-c2cccc(-n3c4ccccc4c4cc(-n5c6ccccc6n6c7ccccc7nc56)ccc43)c2)c1.Cc1cccc(-n2c3ccccc3c3cc(-n4c5ccccc5n5c6ccccc6nc45)ccc32)c1. The summed E-state index contributed by atoms with van der Waals surface area (Å²) in [4.78, 5) is 33.8. The molecule has 32 rings (SSSR count). The third-order valence-electron chi connectivity index (χ3n) is 28.4. The first-order chi connectivity index (χ1) is 71.1. The summed E-state index contributed by atoms with van der Waals surface area (Å²) < 4.78 is 34.9. The molecular weight excluding hydrogens is 1770 g/mol. The fourth-order valence-corrected chi connectivity index (χ4v) is 22.2. The second-order valence-electron chi connectivity index (χ2n) is 37.2. The Morgan fingerprint density at radius 1 is 0.201 bits per heavy atom. The lowest BCUT2D eigenvalue weighted by atomic mass is 10.0. The Kier molecular flexibility index (Phi) is 18.2. The molecule has 0 N–H and O–H groups in total. The number of aryl methyl sites for hydroxylation is 4.